The van der Waals surface area contributed by atoms with Gasteiger partial charge in [-0.2, -0.15) is 0 Å². The summed E-state index contributed by atoms with van der Waals surface area (Å²) in [4.78, 5) is 15.6. The van der Waals surface area contributed by atoms with Crippen molar-refractivity contribution in [3.05, 3.63) is 24.6 Å². The third-order valence-electron chi connectivity index (χ3n) is 7.32. The molecule has 0 fully saturated rings. The number of hydrogen-bond donors (Lipinski definition) is 1. The summed E-state index contributed by atoms with van der Waals surface area (Å²) in [7, 11) is 0. The SMILES string of the molecule is CCCCCCCC/C=C/CCCCCCCCCCCCCC1=NC=C[N+]1(CC(=O)[O-])C(C)N. The van der Waals surface area contributed by atoms with Crippen LogP contribution in [0.2, 0.25) is 0 Å². The maximum atomic E-state index is 11.2. The van der Waals surface area contributed by atoms with Crippen LogP contribution in [0.15, 0.2) is 29.5 Å². The molecule has 1 aliphatic heterocycles. The second kappa shape index (κ2) is 20.7. The summed E-state index contributed by atoms with van der Waals surface area (Å²) in [5, 5.41) is 11.2. The van der Waals surface area contributed by atoms with E-state index < -0.39 is 5.97 Å². The van der Waals surface area contributed by atoms with Crippen LogP contribution in [0, 0.1) is 0 Å². The van der Waals surface area contributed by atoms with E-state index in [2.05, 4.69) is 24.1 Å². The largest absolute Gasteiger partial charge is 0.544 e. The summed E-state index contributed by atoms with van der Waals surface area (Å²) >= 11 is 0. The summed E-state index contributed by atoms with van der Waals surface area (Å²) in [5.74, 6) is -0.227. The molecule has 5 heteroatoms. The minimum Gasteiger partial charge on any atom is -0.544 e. The van der Waals surface area contributed by atoms with Crippen molar-refractivity contribution in [3.63, 3.8) is 0 Å². The van der Waals surface area contributed by atoms with Crippen molar-refractivity contribution in [2.45, 2.75) is 148 Å². The molecule has 1 aliphatic rings. The van der Waals surface area contributed by atoms with E-state index in [1.165, 1.54) is 109 Å². The normalized spacial score (nSPS) is 18.4. The van der Waals surface area contributed by atoms with Crippen molar-refractivity contribution in [3.8, 4) is 0 Å². The highest BCUT2D eigenvalue weighted by Gasteiger charge is 2.38. The van der Waals surface area contributed by atoms with Gasteiger partial charge in [0, 0.05) is 13.3 Å². The Bertz CT molecular complexity index is 627. The van der Waals surface area contributed by atoms with E-state index in [0.29, 0.717) is 0 Å². The lowest BCUT2D eigenvalue weighted by Crippen LogP contribution is -2.60. The number of carbonyl (C=O) groups is 1. The van der Waals surface area contributed by atoms with E-state index in [-0.39, 0.29) is 17.2 Å². The van der Waals surface area contributed by atoms with Crippen LogP contribution in [0.3, 0.4) is 0 Å². The highest BCUT2D eigenvalue weighted by Crippen LogP contribution is 2.23. The van der Waals surface area contributed by atoms with Gasteiger partial charge in [0.15, 0.2) is 0 Å². The molecule has 0 aromatic rings. The zero-order chi connectivity index (χ0) is 25.6. The number of amidine groups is 1. The first-order valence-corrected chi connectivity index (χ1v) is 14.8. The number of carbonyl (C=O) groups excluding carboxylic acids is 1. The molecule has 0 amide bonds. The fraction of sp³-hybridized carbons (Fsp3) is 0.800. The fourth-order valence-corrected chi connectivity index (χ4v) is 4.99. The van der Waals surface area contributed by atoms with Gasteiger partial charge >= 0.3 is 0 Å². The van der Waals surface area contributed by atoms with Gasteiger partial charge in [-0.15, -0.1) is 0 Å². The number of nitrogens with zero attached hydrogens (tertiary/aromatic N) is 2. The topological polar surface area (TPSA) is 78.5 Å². The standard InChI is InChI=1S/C30H55N3O2/c1-3-4-5-6-7-8-9-10-11-12-13-14-15-16-17-18-19-20-21-22-23-24-29-32-25-26-33(29,28(2)31)27-30(34)35/h10-11,25-26,28H,3-9,12-24,27,31H2,1-2H3/b11-10+. The second-order valence-electron chi connectivity index (χ2n) is 10.5. The minimum absolute atomic E-state index is 0.109. The molecule has 0 bridgehead atoms. The van der Waals surface area contributed by atoms with Gasteiger partial charge in [-0.25, -0.2) is 9.48 Å². The summed E-state index contributed by atoms with van der Waals surface area (Å²) in [6, 6.07) is 0. The Kier molecular flexibility index (Phi) is 18.7. The lowest BCUT2D eigenvalue weighted by molar-refractivity contribution is -0.808. The number of rotatable bonds is 24. The van der Waals surface area contributed by atoms with Crippen molar-refractivity contribution in [1.29, 1.82) is 0 Å². The van der Waals surface area contributed by atoms with Gasteiger partial charge in [0.1, 0.15) is 18.9 Å². The molecule has 0 aromatic heterocycles. The van der Waals surface area contributed by atoms with E-state index in [0.717, 1.165) is 25.1 Å². The number of hydrogen-bond acceptors (Lipinski definition) is 4. The van der Waals surface area contributed by atoms with Gasteiger partial charge in [-0.3, -0.25) is 5.73 Å². The molecule has 1 rings (SSSR count). The average molecular weight is 490 g/mol. The van der Waals surface area contributed by atoms with E-state index >= 15 is 0 Å². The average Bonchev–Trinajstić information content (AvgIpc) is 3.23. The number of carboxylic acids is 1. The highest BCUT2D eigenvalue weighted by atomic mass is 16.4. The molecule has 5 nitrogen and oxygen atoms in total. The van der Waals surface area contributed by atoms with Crippen LogP contribution in [-0.4, -0.2) is 29.0 Å². The molecule has 202 valence electrons. The molecule has 0 aromatic carbocycles. The quantitative estimate of drug-likeness (QED) is 0.0890. The zero-order valence-corrected chi connectivity index (χ0v) is 23.0. The third-order valence-corrected chi connectivity index (χ3v) is 7.32. The van der Waals surface area contributed by atoms with Crippen molar-refractivity contribution >= 4 is 11.8 Å². The minimum atomic E-state index is -1.09. The van der Waals surface area contributed by atoms with Gasteiger partial charge in [0.25, 0.3) is 0 Å². The Hall–Kier alpha value is -1.46. The molecule has 2 N–H and O–H groups in total. The van der Waals surface area contributed by atoms with Crippen LogP contribution in [0.4, 0.5) is 0 Å². The summed E-state index contributed by atoms with van der Waals surface area (Å²) in [6.45, 7) is 3.98. The molecule has 0 spiro atoms. The summed E-state index contributed by atoms with van der Waals surface area (Å²) < 4.78 is 0.109. The first-order valence-electron chi connectivity index (χ1n) is 14.8. The number of unbranched alkanes of at least 4 members (excludes halogenated alkanes) is 17. The maximum absolute atomic E-state index is 11.2. The van der Waals surface area contributed by atoms with Crippen LogP contribution < -0.4 is 10.8 Å². The number of nitrogens with two attached hydrogens (primary N) is 1. The van der Waals surface area contributed by atoms with Crippen LogP contribution in [0.25, 0.3) is 0 Å². The van der Waals surface area contributed by atoms with Crippen LogP contribution >= 0.6 is 0 Å². The first-order chi connectivity index (χ1) is 17.0. The highest BCUT2D eigenvalue weighted by molar-refractivity contribution is 5.81. The Balaban J connectivity index is 1.89. The fourth-order valence-electron chi connectivity index (χ4n) is 4.99. The van der Waals surface area contributed by atoms with Gasteiger partial charge < -0.3 is 9.90 Å². The lowest BCUT2D eigenvalue weighted by Gasteiger charge is -2.36. The van der Waals surface area contributed by atoms with Gasteiger partial charge in [-0.05, 0) is 32.1 Å². The molecular weight excluding hydrogens is 434 g/mol. The predicted molar refractivity (Wildman–Crippen MR) is 148 cm³/mol. The van der Waals surface area contributed by atoms with Crippen molar-refractivity contribution in [1.82, 2.24) is 0 Å². The van der Waals surface area contributed by atoms with E-state index in [1.807, 2.05) is 6.92 Å². The Morgan fingerprint density at radius 1 is 0.857 bits per heavy atom. The number of aliphatic carboxylic acids is 1. The monoisotopic (exact) mass is 489 g/mol. The lowest BCUT2D eigenvalue weighted by atomic mass is 10.0. The van der Waals surface area contributed by atoms with E-state index in [1.54, 1.807) is 12.4 Å². The van der Waals surface area contributed by atoms with Crippen molar-refractivity contribution < 1.29 is 14.4 Å². The predicted octanol–water partition coefficient (Wildman–Crippen LogP) is 7.12. The van der Waals surface area contributed by atoms with Crippen LogP contribution in [0.1, 0.15) is 142 Å². The second-order valence-corrected chi connectivity index (χ2v) is 10.5. The van der Waals surface area contributed by atoms with Crippen molar-refractivity contribution in [2.75, 3.05) is 6.54 Å². The zero-order valence-electron chi connectivity index (χ0n) is 23.0. The molecule has 0 radical (unpaired) electrons. The third kappa shape index (κ3) is 14.6. The van der Waals surface area contributed by atoms with Crippen LogP contribution in [-0.2, 0) is 4.79 Å². The van der Waals surface area contributed by atoms with Crippen LogP contribution in [0.5, 0.6) is 0 Å². The Morgan fingerprint density at radius 3 is 1.77 bits per heavy atom. The van der Waals surface area contributed by atoms with E-state index in [9.17, 15) is 9.90 Å². The number of allylic oxidation sites excluding steroid dienone is 2. The molecule has 35 heavy (non-hydrogen) atoms. The maximum Gasteiger partial charge on any atom is 0.209 e. The molecule has 0 saturated heterocycles. The Labute approximate surface area is 216 Å². The molecule has 0 aliphatic carbocycles. The Morgan fingerprint density at radius 2 is 1.31 bits per heavy atom. The molecule has 0 saturated carbocycles. The molecule has 2 atom stereocenters. The number of quaternary nitrogens is 1. The number of carboxylic acid groups (broad SMARTS) is 1. The van der Waals surface area contributed by atoms with Gasteiger partial charge in [0.2, 0.25) is 5.84 Å². The molecule has 2 unspecified atom stereocenters. The molecule has 1 heterocycles. The summed E-state index contributed by atoms with van der Waals surface area (Å²) in [6.07, 6.45) is 33.9. The van der Waals surface area contributed by atoms with Gasteiger partial charge in [-0.1, -0.05) is 109 Å². The summed E-state index contributed by atoms with van der Waals surface area (Å²) in [5.41, 5.74) is 6.10. The first kappa shape index (κ1) is 31.6. The van der Waals surface area contributed by atoms with E-state index in [4.69, 9.17) is 5.73 Å². The van der Waals surface area contributed by atoms with Crippen molar-refractivity contribution in [2.24, 2.45) is 10.7 Å². The molecular formula is C30H55N3O2. The smallest absolute Gasteiger partial charge is 0.209 e. The van der Waals surface area contributed by atoms with Gasteiger partial charge in [0.05, 0.1) is 12.2 Å². The number of aliphatic imine (C=N–C) groups is 1.